The quantitative estimate of drug-likeness (QED) is 0.705. The summed E-state index contributed by atoms with van der Waals surface area (Å²) in [5.41, 5.74) is 3.69. The molecule has 2 aliphatic rings. The van der Waals surface area contributed by atoms with Crippen LogP contribution in [0.5, 0.6) is 0 Å². The molecule has 2 aliphatic heterocycles. The molecule has 2 N–H and O–H groups in total. The van der Waals surface area contributed by atoms with E-state index in [4.69, 9.17) is 4.74 Å². The highest BCUT2D eigenvalue weighted by molar-refractivity contribution is 5.29. The lowest BCUT2D eigenvalue weighted by atomic mass is 10.0. The Bertz CT molecular complexity index is 376. The van der Waals surface area contributed by atoms with Crippen LogP contribution in [-0.4, -0.2) is 48.4 Å². The zero-order valence-electron chi connectivity index (χ0n) is 9.62. The first-order chi connectivity index (χ1) is 7.84. The summed E-state index contributed by atoms with van der Waals surface area (Å²) in [6.07, 6.45) is 0.963. The molecular formula is C11H18N4O. The van der Waals surface area contributed by atoms with Gasteiger partial charge in [-0.15, -0.1) is 0 Å². The minimum atomic E-state index is 0.348. The predicted molar refractivity (Wildman–Crippen MR) is 60.2 cm³/mol. The summed E-state index contributed by atoms with van der Waals surface area (Å²) >= 11 is 0. The Labute approximate surface area is 95.2 Å². The number of likely N-dealkylation sites (N-methyl/N-ethyl adjacent to an activating group) is 1. The van der Waals surface area contributed by atoms with Gasteiger partial charge in [-0.2, -0.15) is 5.10 Å². The van der Waals surface area contributed by atoms with E-state index in [0.717, 1.165) is 38.4 Å². The van der Waals surface area contributed by atoms with Crippen LogP contribution in [0.25, 0.3) is 0 Å². The number of piperazine rings is 1. The van der Waals surface area contributed by atoms with E-state index in [2.05, 4.69) is 27.5 Å². The topological polar surface area (TPSA) is 53.2 Å². The summed E-state index contributed by atoms with van der Waals surface area (Å²) in [5.74, 6) is 0. The van der Waals surface area contributed by atoms with Gasteiger partial charge in [-0.3, -0.25) is 5.10 Å². The van der Waals surface area contributed by atoms with Gasteiger partial charge in [0.05, 0.1) is 24.9 Å². The molecule has 1 fully saturated rings. The van der Waals surface area contributed by atoms with Crippen molar-refractivity contribution in [3.63, 3.8) is 0 Å². The molecule has 0 spiro atoms. The van der Waals surface area contributed by atoms with Gasteiger partial charge in [0.2, 0.25) is 0 Å². The van der Waals surface area contributed by atoms with E-state index < -0.39 is 0 Å². The first kappa shape index (κ1) is 10.3. The first-order valence-corrected chi connectivity index (χ1v) is 5.90. The van der Waals surface area contributed by atoms with Crippen LogP contribution in [0.2, 0.25) is 0 Å². The number of aromatic nitrogens is 2. The van der Waals surface area contributed by atoms with Crippen molar-refractivity contribution < 1.29 is 4.74 Å². The van der Waals surface area contributed by atoms with Crippen LogP contribution in [-0.2, 0) is 17.8 Å². The predicted octanol–water partition coefficient (Wildman–Crippen LogP) is 0.0585. The van der Waals surface area contributed by atoms with Crippen LogP contribution in [0.15, 0.2) is 0 Å². The van der Waals surface area contributed by atoms with Gasteiger partial charge in [0.25, 0.3) is 0 Å². The number of rotatable bonds is 1. The lowest BCUT2D eigenvalue weighted by molar-refractivity contribution is 0.108. The second-order valence-electron chi connectivity index (χ2n) is 4.64. The highest BCUT2D eigenvalue weighted by Gasteiger charge is 2.26. The van der Waals surface area contributed by atoms with Crippen LogP contribution >= 0.6 is 0 Å². The minimum absolute atomic E-state index is 0.348. The second-order valence-corrected chi connectivity index (χ2v) is 4.64. The van der Waals surface area contributed by atoms with E-state index in [0.29, 0.717) is 12.6 Å². The van der Waals surface area contributed by atoms with E-state index in [1.165, 1.54) is 11.3 Å². The normalized spacial score (nSPS) is 26.7. The number of nitrogens with zero attached hydrogens (tertiary/aromatic N) is 2. The molecule has 0 aliphatic carbocycles. The van der Waals surface area contributed by atoms with Gasteiger partial charge in [-0.1, -0.05) is 0 Å². The van der Waals surface area contributed by atoms with Crippen molar-refractivity contribution >= 4 is 0 Å². The molecule has 0 bridgehead atoms. The molecule has 3 heterocycles. The van der Waals surface area contributed by atoms with Crippen LogP contribution in [0, 0.1) is 0 Å². The summed E-state index contributed by atoms with van der Waals surface area (Å²) in [6, 6.07) is 0.348. The third-order valence-corrected chi connectivity index (χ3v) is 3.44. The number of ether oxygens (including phenoxy) is 1. The van der Waals surface area contributed by atoms with Gasteiger partial charge < -0.3 is 15.0 Å². The summed E-state index contributed by atoms with van der Waals surface area (Å²) in [7, 11) is 2.16. The van der Waals surface area contributed by atoms with E-state index in [1.807, 2.05) is 0 Å². The van der Waals surface area contributed by atoms with Crippen molar-refractivity contribution in [2.24, 2.45) is 0 Å². The largest absolute Gasteiger partial charge is 0.376 e. The Morgan fingerprint density at radius 3 is 3.31 bits per heavy atom. The zero-order chi connectivity index (χ0) is 11.0. The number of hydrogen-bond acceptors (Lipinski definition) is 4. The SMILES string of the molecule is CN1CCNC(c2n[nH]c3c2COCC3)C1. The molecule has 0 radical (unpaired) electrons. The fourth-order valence-corrected chi connectivity index (χ4v) is 2.50. The Morgan fingerprint density at radius 2 is 2.44 bits per heavy atom. The van der Waals surface area contributed by atoms with E-state index in [1.54, 1.807) is 0 Å². The van der Waals surface area contributed by atoms with Crippen LogP contribution in [0.4, 0.5) is 0 Å². The number of nitrogens with one attached hydrogen (secondary N) is 2. The number of fused-ring (bicyclic) bond motifs is 1. The number of aromatic amines is 1. The Kier molecular flexibility index (Phi) is 2.67. The number of hydrogen-bond donors (Lipinski definition) is 2. The Hall–Kier alpha value is -0.910. The molecule has 0 aromatic carbocycles. The van der Waals surface area contributed by atoms with Crippen molar-refractivity contribution in [2.45, 2.75) is 19.1 Å². The molecule has 0 saturated carbocycles. The molecule has 3 rings (SSSR count). The smallest absolute Gasteiger partial charge is 0.0862 e. The van der Waals surface area contributed by atoms with E-state index in [-0.39, 0.29) is 0 Å². The van der Waals surface area contributed by atoms with E-state index >= 15 is 0 Å². The van der Waals surface area contributed by atoms with Gasteiger partial charge in [-0.25, -0.2) is 0 Å². The molecule has 1 unspecified atom stereocenters. The van der Waals surface area contributed by atoms with Crippen LogP contribution < -0.4 is 5.32 Å². The average Bonchev–Trinajstić information content (AvgIpc) is 2.72. The molecule has 1 atom stereocenters. The van der Waals surface area contributed by atoms with Crippen molar-refractivity contribution in [3.05, 3.63) is 17.0 Å². The molecule has 16 heavy (non-hydrogen) atoms. The van der Waals surface area contributed by atoms with Crippen LogP contribution in [0.1, 0.15) is 23.0 Å². The molecule has 5 nitrogen and oxygen atoms in total. The summed E-state index contributed by atoms with van der Waals surface area (Å²) in [6.45, 7) is 4.69. The van der Waals surface area contributed by atoms with Crippen molar-refractivity contribution in [1.29, 1.82) is 0 Å². The summed E-state index contributed by atoms with van der Waals surface area (Å²) in [5, 5.41) is 11.1. The standard InChI is InChI=1S/C11H18N4O/c1-15-4-3-12-10(6-15)11-8-7-16-5-2-9(8)13-14-11/h10,12H,2-7H2,1H3,(H,13,14). The van der Waals surface area contributed by atoms with Gasteiger partial charge in [0.15, 0.2) is 0 Å². The van der Waals surface area contributed by atoms with Crippen molar-refractivity contribution in [2.75, 3.05) is 33.3 Å². The third kappa shape index (κ3) is 1.75. The zero-order valence-corrected chi connectivity index (χ0v) is 9.62. The van der Waals surface area contributed by atoms with Gasteiger partial charge in [0.1, 0.15) is 0 Å². The molecule has 1 aromatic rings. The fourth-order valence-electron chi connectivity index (χ4n) is 2.50. The fraction of sp³-hybridized carbons (Fsp3) is 0.727. The summed E-state index contributed by atoms with van der Waals surface area (Å²) < 4.78 is 5.51. The molecule has 1 saturated heterocycles. The van der Waals surface area contributed by atoms with Gasteiger partial charge in [0, 0.05) is 37.3 Å². The highest BCUT2D eigenvalue weighted by Crippen LogP contribution is 2.24. The molecule has 1 aromatic heterocycles. The molecular weight excluding hydrogens is 204 g/mol. The lowest BCUT2D eigenvalue weighted by Gasteiger charge is -2.30. The lowest BCUT2D eigenvalue weighted by Crippen LogP contribution is -2.44. The third-order valence-electron chi connectivity index (χ3n) is 3.44. The van der Waals surface area contributed by atoms with E-state index in [9.17, 15) is 0 Å². The maximum absolute atomic E-state index is 5.51. The Morgan fingerprint density at radius 1 is 1.50 bits per heavy atom. The average molecular weight is 222 g/mol. The second kappa shape index (κ2) is 4.16. The minimum Gasteiger partial charge on any atom is -0.376 e. The van der Waals surface area contributed by atoms with Gasteiger partial charge in [-0.05, 0) is 7.05 Å². The first-order valence-electron chi connectivity index (χ1n) is 5.90. The molecule has 88 valence electrons. The molecule has 0 amide bonds. The highest BCUT2D eigenvalue weighted by atomic mass is 16.5. The maximum atomic E-state index is 5.51. The Balaban J connectivity index is 1.85. The molecule has 5 heteroatoms. The van der Waals surface area contributed by atoms with Crippen molar-refractivity contribution in [3.8, 4) is 0 Å². The maximum Gasteiger partial charge on any atom is 0.0862 e. The van der Waals surface area contributed by atoms with Crippen LogP contribution in [0.3, 0.4) is 0 Å². The number of H-pyrrole nitrogens is 1. The van der Waals surface area contributed by atoms with Crippen molar-refractivity contribution in [1.82, 2.24) is 20.4 Å². The summed E-state index contributed by atoms with van der Waals surface area (Å²) in [4.78, 5) is 2.34. The monoisotopic (exact) mass is 222 g/mol. The van der Waals surface area contributed by atoms with Gasteiger partial charge >= 0.3 is 0 Å².